The van der Waals surface area contributed by atoms with E-state index in [4.69, 9.17) is 5.73 Å². The van der Waals surface area contributed by atoms with Gasteiger partial charge in [0.1, 0.15) is 10.6 Å². The third kappa shape index (κ3) is 2.98. The highest BCUT2D eigenvalue weighted by Crippen LogP contribution is 2.33. The molecule has 106 valence electrons. The lowest BCUT2D eigenvalue weighted by Crippen LogP contribution is -2.29. The molecule has 2 rings (SSSR count). The summed E-state index contributed by atoms with van der Waals surface area (Å²) in [6.07, 6.45) is 2.34. The predicted octanol–water partition coefficient (Wildman–Crippen LogP) is 0.826. The molecular formula is C12H20N4O2S. The summed E-state index contributed by atoms with van der Waals surface area (Å²) in [6.45, 7) is 3.37. The molecule has 1 aromatic heterocycles. The molecule has 1 unspecified atom stereocenters. The number of hydrogen-bond donors (Lipinski definition) is 3. The lowest BCUT2D eigenvalue weighted by Gasteiger charge is -2.23. The van der Waals surface area contributed by atoms with Crippen LogP contribution in [0, 0.1) is 0 Å². The molecule has 0 aromatic carbocycles. The van der Waals surface area contributed by atoms with Crippen LogP contribution in [0.15, 0.2) is 0 Å². The van der Waals surface area contributed by atoms with Crippen molar-refractivity contribution < 1.29 is 9.90 Å². The van der Waals surface area contributed by atoms with Gasteiger partial charge >= 0.3 is 0 Å². The largest absolute Gasteiger partial charge is 0.390 e. The first-order chi connectivity index (χ1) is 8.94. The van der Waals surface area contributed by atoms with E-state index in [0.29, 0.717) is 18.5 Å². The van der Waals surface area contributed by atoms with Gasteiger partial charge < -0.3 is 21.1 Å². The Morgan fingerprint density at radius 2 is 2.26 bits per heavy atom. The predicted molar refractivity (Wildman–Crippen MR) is 76.6 cm³/mol. The molecule has 1 amide bonds. The van der Waals surface area contributed by atoms with Gasteiger partial charge in [0.25, 0.3) is 5.91 Å². The number of hydrogen-bond acceptors (Lipinski definition) is 6. The molecule has 19 heavy (non-hydrogen) atoms. The van der Waals surface area contributed by atoms with E-state index in [0.717, 1.165) is 24.4 Å². The second kappa shape index (κ2) is 5.34. The summed E-state index contributed by atoms with van der Waals surface area (Å²) in [5.74, 6) is 0.0626. The van der Waals surface area contributed by atoms with Gasteiger partial charge in [0.15, 0.2) is 5.82 Å². The molecule has 1 aromatic rings. The Kier molecular flexibility index (Phi) is 3.96. The van der Waals surface area contributed by atoms with Crippen molar-refractivity contribution >= 4 is 28.3 Å². The number of nitrogens with one attached hydrogen (secondary N) is 1. The van der Waals surface area contributed by atoms with Crippen LogP contribution in [0.3, 0.4) is 0 Å². The first-order valence-electron chi connectivity index (χ1n) is 6.39. The van der Waals surface area contributed by atoms with E-state index in [2.05, 4.69) is 14.6 Å². The van der Waals surface area contributed by atoms with Crippen molar-refractivity contribution in [2.75, 3.05) is 30.8 Å². The molecule has 1 aliphatic rings. The molecule has 0 radical (unpaired) electrons. The van der Waals surface area contributed by atoms with Crippen molar-refractivity contribution in [2.24, 2.45) is 0 Å². The van der Waals surface area contributed by atoms with Crippen molar-refractivity contribution in [3.05, 3.63) is 5.56 Å². The zero-order valence-corrected chi connectivity index (χ0v) is 12.1. The van der Waals surface area contributed by atoms with Crippen molar-refractivity contribution in [1.29, 1.82) is 0 Å². The molecule has 1 atom stereocenters. The van der Waals surface area contributed by atoms with Gasteiger partial charge in [0.2, 0.25) is 0 Å². The molecule has 1 fully saturated rings. The quantitative estimate of drug-likeness (QED) is 0.748. The van der Waals surface area contributed by atoms with E-state index in [1.165, 1.54) is 11.5 Å². The lowest BCUT2D eigenvalue weighted by atomic mass is 9.98. The molecule has 4 N–H and O–H groups in total. The molecule has 0 saturated carbocycles. The summed E-state index contributed by atoms with van der Waals surface area (Å²) in [6, 6.07) is 0. The standard InChI is InChI=1S/C12H20N4O2S/c1-12(18)4-3-6-16(7-5-12)11-8(10(17)14-2)9(13)15-19-11/h18H,3-7H2,1-2H3,(H2,13,15)(H,14,17). The Labute approximate surface area is 116 Å². The van der Waals surface area contributed by atoms with Crippen LogP contribution in [0.5, 0.6) is 0 Å². The lowest BCUT2D eigenvalue weighted by molar-refractivity contribution is 0.0481. The highest BCUT2D eigenvalue weighted by molar-refractivity contribution is 7.11. The first kappa shape index (κ1) is 14.1. The highest BCUT2D eigenvalue weighted by Gasteiger charge is 2.28. The Morgan fingerprint density at radius 1 is 1.53 bits per heavy atom. The fourth-order valence-corrected chi connectivity index (χ4v) is 3.18. The third-order valence-corrected chi connectivity index (χ3v) is 4.43. The average Bonchev–Trinajstić information content (AvgIpc) is 2.64. The summed E-state index contributed by atoms with van der Waals surface area (Å²) >= 11 is 1.24. The van der Waals surface area contributed by atoms with Crippen molar-refractivity contribution in [2.45, 2.75) is 31.8 Å². The van der Waals surface area contributed by atoms with Crippen molar-refractivity contribution in [3.63, 3.8) is 0 Å². The number of nitrogens with two attached hydrogens (primary N) is 1. The number of nitrogen functional groups attached to an aromatic ring is 1. The van der Waals surface area contributed by atoms with Gasteiger partial charge in [-0.25, -0.2) is 0 Å². The highest BCUT2D eigenvalue weighted by atomic mass is 32.1. The normalized spacial score (nSPS) is 24.1. The van der Waals surface area contributed by atoms with Crippen LogP contribution >= 0.6 is 11.5 Å². The number of carbonyl (C=O) groups excluding carboxylic acids is 1. The second-order valence-corrected chi connectivity index (χ2v) is 5.92. The molecule has 1 saturated heterocycles. The number of amides is 1. The molecular weight excluding hydrogens is 264 g/mol. The Morgan fingerprint density at radius 3 is 2.95 bits per heavy atom. The van der Waals surface area contributed by atoms with Gasteiger partial charge in [-0.15, -0.1) is 0 Å². The average molecular weight is 284 g/mol. The van der Waals surface area contributed by atoms with Gasteiger partial charge in [-0.2, -0.15) is 4.37 Å². The van der Waals surface area contributed by atoms with Crippen LogP contribution in [0.25, 0.3) is 0 Å². The van der Waals surface area contributed by atoms with Crippen LogP contribution in [-0.2, 0) is 0 Å². The number of aliphatic hydroxyl groups is 1. The number of aromatic nitrogens is 1. The number of rotatable bonds is 2. The minimum atomic E-state index is -0.627. The van der Waals surface area contributed by atoms with Gasteiger partial charge in [0, 0.05) is 20.1 Å². The van der Waals surface area contributed by atoms with Gasteiger partial charge in [-0.05, 0) is 37.7 Å². The molecule has 0 spiro atoms. The van der Waals surface area contributed by atoms with Gasteiger partial charge in [-0.1, -0.05) is 0 Å². The molecule has 6 nitrogen and oxygen atoms in total. The van der Waals surface area contributed by atoms with E-state index >= 15 is 0 Å². The zero-order valence-electron chi connectivity index (χ0n) is 11.3. The third-order valence-electron chi connectivity index (χ3n) is 3.51. The Hall–Kier alpha value is -1.34. The Balaban J connectivity index is 2.25. The van der Waals surface area contributed by atoms with Crippen LogP contribution in [0.1, 0.15) is 36.5 Å². The van der Waals surface area contributed by atoms with Crippen LogP contribution in [-0.4, -0.2) is 41.1 Å². The summed E-state index contributed by atoms with van der Waals surface area (Å²) in [5.41, 5.74) is 5.61. The topological polar surface area (TPSA) is 91.5 Å². The summed E-state index contributed by atoms with van der Waals surface area (Å²) in [5, 5.41) is 13.5. The van der Waals surface area contributed by atoms with Gasteiger partial charge in [-0.3, -0.25) is 4.79 Å². The van der Waals surface area contributed by atoms with Crippen LogP contribution in [0.2, 0.25) is 0 Å². The smallest absolute Gasteiger partial charge is 0.257 e. The molecule has 2 heterocycles. The summed E-state index contributed by atoms with van der Waals surface area (Å²) in [4.78, 5) is 14.0. The second-order valence-electron chi connectivity index (χ2n) is 5.16. The fraction of sp³-hybridized carbons (Fsp3) is 0.667. The van der Waals surface area contributed by atoms with Crippen molar-refractivity contribution in [3.8, 4) is 0 Å². The van der Waals surface area contributed by atoms with Crippen LogP contribution in [0.4, 0.5) is 10.8 Å². The maximum absolute atomic E-state index is 11.9. The van der Waals surface area contributed by atoms with Crippen molar-refractivity contribution in [1.82, 2.24) is 9.69 Å². The number of anilines is 2. The zero-order chi connectivity index (χ0) is 14.0. The number of nitrogens with zero attached hydrogens (tertiary/aromatic N) is 2. The first-order valence-corrected chi connectivity index (χ1v) is 7.16. The molecule has 0 bridgehead atoms. The minimum Gasteiger partial charge on any atom is -0.390 e. The molecule has 0 aliphatic carbocycles. The maximum Gasteiger partial charge on any atom is 0.257 e. The van der Waals surface area contributed by atoms with E-state index in [1.54, 1.807) is 7.05 Å². The van der Waals surface area contributed by atoms with E-state index in [1.807, 2.05) is 6.92 Å². The minimum absolute atomic E-state index is 0.211. The maximum atomic E-state index is 11.9. The van der Waals surface area contributed by atoms with Gasteiger partial charge in [0.05, 0.1) is 5.60 Å². The molecule has 7 heteroatoms. The van der Waals surface area contributed by atoms with Crippen LogP contribution < -0.4 is 16.0 Å². The SMILES string of the molecule is CNC(=O)c1c(N)nsc1N1CCCC(C)(O)CC1. The fourth-order valence-electron chi connectivity index (χ4n) is 2.31. The summed E-state index contributed by atoms with van der Waals surface area (Å²) in [7, 11) is 1.58. The Bertz CT molecular complexity index is 472. The monoisotopic (exact) mass is 284 g/mol. The van der Waals surface area contributed by atoms with E-state index in [9.17, 15) is 9.90 Å². The number of carbonyl (C=O) groups is 1. The summed E-state index contributed by atoms with van der Waals surface area (Å²) < 4.78 is 4.08. The molecule has 1 aliphatic heterocycles. The van der Waals surface area contributed by atoms with E-state index < -0.39 is 5.60 Å². The van der Waals surface area contributed by atoms with E-state index in [-0.39, 0.29) is 11.7 Å².